The van der Waals surface area contributed by atoms with Gasteiger partial charge >= 0.3 is 0 Å². The van der Waals surface area contributed by atoms with Crippen molar-refractivity contribution in [1.82, 2.24) is 10.2 Å². The number of aromatic amines is 1. The Morgan fingerprint density at radius 1 is 1.47 bits per heavy atom. The van der Waals surface area contributed by atoms with Crippen molar-refractivity contribution in [1.29, 1.82) is 5.26 Å². The van der Waals surface area contributed by atoms with Crippen LogP contribution in [0.15, 0.2) is 29.4 Å². The van der Waals surface area contributed by atoms with Gasteiger partial charge in [0.05, 0.1) is 23.5 Å². The van der Waals surface area contributed by atoms with E-state index in [-0.39, 0.29) is 21.7 Å². The molecular weight excluding hydrogens is 271 g/mol. The number of sulfonamides is 1. The molecule has 0 atom stereocenters. The zero-order chi connectivity index (χ0) is 14.0. The van der Waals surface area contributed by atoms with Gasteiger partial charge in [-0.3, -0.25) is 9.82 Å². The van der Waals surface area contributed by atoms with Crippen LogP contribution in [0.3, 0.4) is 0 Å². The molecule has 0 saturated carbocycles. The number of aromatic nitrogens is 2. The van der Waals surface area contributed by atoms with Crippen molar-refractivity contribution < 1.29 is 12.8 Å². The molecule has 1 heterocycles. The van der Waals surface area contributed by atoms with E-state index >= 15 is 0 Å². The fourth-order valence-electron chi connectivity index (χ4n) is 1.44. The predicted molar refractivity (Wildman–Crippen MR) is 65.2 cm³/mol. The fraction of sp³-hybridized carbons (Fsp3) is 0.0909. The lowest BCUT2D eigenvalue weighted by atomic mass is 10.1. The molecule has 1 aromatic carbocycles. The normalized spacial score (nSPS) is 11.0. The SMILES string of the molecule is Cc1c(F)cc(C#N)cc1NS(=O)(=O)c1cn[nH]c1. The van der Waals surface area contributed by atoms with Crippen molar-refractivity contribution in [3.05, 3.63) is 41.5 Å². The van der Waals surface area contributed by atoms with Gasteiger partial charge in [-0.1, -0.05) is 0 Å². The van der Waals surface area contributed by atoms with E-state index in [0.717, 1.165) is 12.3 Å². The Labute approximate surface area is 108 Å². The third-order valence-corrected chi connectivity index (χ3v) is 3.83. The quantitative estimate of drug-likeness (QED) is 0.890. The summed E-state index contributed by atoms with van der Waals surface area (Å²) < 4.78 is 39.7. The van der Waals surface area contributed by atoms with Crippen LogP contribution >= 0.6 is 0 Å². The first-order valence-electron chi connectivity index (χ1n) is 5.16. The molecular formula is C11H9FN4O2S. The van der Waals surface area contributed by atoms with Gasteiger partial charge < -0.3 is 0 Å². The van der Waals surface area contributed by atoms with Crippen molar-refractivity contribution in [3.8, 4) is 6.07 Å². The molecule has 0 saturated heterocycles. The second kappa shape index (κ2) is 4.70. The number of hydrogen-bond acceptors (Lipinski definition) is 4. The molecule has 98 valence electrons. The standard InChI is InChI=1S/C11H9FN4O2S/c1-7-10(12)2-8(4-13)3-11(7)16-19(17,18)9-5-14-15-6-9/h2-3,5-6,16H,1H3,(H,14,15). The molecule has 19 heavy (non-hydrogen) atoms. The molecule has 2 aromatic rings. The van der Waals surface area contributed by atoms with E-state index in [1.807, 2.05) is 0 Å². The van der Waals surface area contributed by atoms with Gasteiger partial charge in [-0.15, -0.1) is 0 Å². The first-order chi connectivity index (χ1) is 8.94. The first-order valence-corrected chi connectivity index (χ1v) is 6.64. The Morgan fingerprint density at radius 3 is 2.79 bits per heavy atom. The molecule has 2 N–H and O–H groups in total. The summed E-state index contributed by atoms with van der Waals surface area (Å²) in [5.41, 5.74) is 0.178. The van der Waals surface area contributed by atoms with Crippen LogP contribution in [0, 0.1) is 24.1 Å². The number of nitrogens with zero attached hydrogens (tertiary/aromatic N) is 2. The van der Waals surface area contributed by atoms with Gasteiger partial charge in [0.1, 0.15) is 10.7 Å². The summed E-state index contributed by atoms with van der Waals surface area (Å²) in [4.78, 5) is -0.0744. The third kappa shape index (κ3) is 2.56. The third-order valence-electron chi connectivity index (χ3n) is 2.50. The number of hydrogen-bond donors (Lipinski definition) is 2. The summed E-state index contributed by atoms with van der Waals surface area (Å²) >= 11 is 0. The molecule has 0 fully saturated rings. The van der Waals surface area contributed by atoms with Crippen LogP contribution < -0.4 is 4.72 Å². The molecule has 2 rings (SSSR count). The fourth-order valence-corrected chi connectivity index (χ4v) is 2.46. The highest BCUT2D eigenvalue weighted by Crippen LogP contribution is 2.23. The Balaban J connectivity index is 2.45. The van der Waals surface area contributed by atoms with Crippen molar-refractivity contribution in [2.75, 3.05) is 4.72 Å². The summed E-state index contributed by atoms with van der Waals surface area (Å²) in [6, 6.07) is 4.08. The van der Waals surface area contributed by atoms with E-state index < -0.39 is 15.8 Å². The zero-order valence-corrected chi connectivity index (χ0v) is 10.6. The summed E-state index contributed by atoms with van der Waals surface area (Å²) in [6.45, 7) is 1.42. The van der Waals surface area contributed by atoms with Gasteiger partial charge in [0.25, 0.3) is 10.0 Å². The number of nitrogens with one attached hydrogen (secondary N) is 2. The average molecular weight is 280 g/mol. The minimum atomic E-state index is -3.85. The summed E-state index contributed by atoms with van der Waals surface area (Å²) in [6.07, 6.45) is 2.32. The first kappa shape index (κ1) is 13.0. The average Bonchev–Trinajstić information content (AvgIpc) is 2.89. The minimum absolute atomic E-state index is 0.0257. The molecule has 0 aliphatic carbocycles. The number of benzene rings is 1. The highest BCUT2D eigenvalue weighted by Gasteiger charge is 2.18. The van der Waals surface area contributed by atoms with Crippen LogP contribution in [0.4, 0.5) is 10.1 Å². The van der Waals surface area contributed by atoms with Crippen molar-refractivity contribution in [2.45, 2.75) is 11.8 Å². The summed E-state index contributed by atoms with van der Waals surface area (Å²) in [7, 11) is -3.85. The smallest absolute Gasteiger partial charge is 0.265 e. The number of anilines is 1. The Morgan fingerprint density at radius 2 is 2.21 bits per heavy atom. The van der Waals surface area contributed by atoms with Crippen LogP contribution in [-0.4, -0.2) is 18.6 Å². The van der Waals surface area contributed by atoms with E-state index in [4.69, 9.17) is 5.26 Å². The largest absolute Gasteiger partial charge is 0.284 e. The molecule has 0 aliphatic rings. The molecule has 0 radical (unpaired) electrons. The Bertz CT molecular complexity index is 748. The molecule has 0 spiro atoms. The van der Waals surface area contributed by atoms with Crippen LogP contribution in [0.5, 0.6) is 0 Å². The van der Waals surface area contributed by atoms with Crippen molar-refractivity contribution in [2.24, 2.45) is 0 Å². The second-order valence-electron chi connectivity index (χ2n) is 3.78. The van der Waals surface area contributed by atoms with Crippen LogP contribution in [0.1, 0.15) is 11.1 Å². The molecule has 0 bridgehead atoms. The molecule has 8 heteroatoms. The van der Waals surface area contributed by atoms with Gasteiger partial charge in [0.2, 0.25) is 0 Å². The molecule has 1 aromatic heterocycles. The highest BCUT2D eigenvalue weighted by atomic mass is 32.2. The van der Waals surface area contributed by atoms with E-state index in [1.165, 1.54) is 19.2 Å². The highest BCUT2D eigenvalue weighted by molar-refractivity contribution is 7.92. The number of H-pyrrole nitrogens is 1. The molecule has 0 unspecified atom stereocenters. The predicted octanol–water partition coefficient (Wildman–Crippen LogP) is 1.53. The van der Waals surface area contributed by atoms with E-state index in [1.54, 1.807) is 6.07 Å². The lowest BCUT2D eigenvalue weighted by Crippen LogP contribution is -2.13. The topological polar surface area (TPSA) is 98.6 Å². The van der Waals surface area contributed by atoms with Crippen LogP contribution in [0.2, 0.25) is 0 Å². The minimum Gasteiger partial charge on any atom is -0.284 e. The van der Waals surface area contributed by atoms with Gasteiger partial charge in [-0.05, 0) is 19.1 Å². The second-order valence-corrected chi connectivity index (χ2v) is 5.46. The van der Waals surface area contributed by atoms with Crippen LogP contribution in [-0.2, 0) is 10.0 Å². The van der Waals surface area contributed by atoms with Gasteiger partial charge in [-0.25, -0.2) is 12.8 Å². The molecule has 0 amide bonds. The molecule has 0 aliphatic heterocycles. The number of halogens is 1. The maximum atomic E-state index is 13.5. The van der Waals surface area contributed by atoms with Crippen molar-refractivity contribution in [3.63, 3.8) is 0 Å². The summed E-state index contributed by atoms with van der Waals surface area (Å²) in [5.74, 6) is -0.649. The van der Waals surface area contributed by atoms with Crippen molar-refractivity contribution >= 4 is 15.7 Å². The lowest BCUT2D eigenvalue weighted by molar-refractivity contribution is 0.601. The lowest BCUT2D eigenvalue weighted by Gasteiger charge is -2.10. The van der Waals surface area contributed by atoms with Crippen LogP contribution in [0.25, 0.3) is 0 Å². The Kier molecular flexibility index (Phi) is 3.23. The number of rotatable bonds is 3. The van der Waals surface area contributed by atoms with Gasteiger partial charge in [-0.2, -0.15) is 10.4 Å². The zero-order valence-electron chi connectivity index (χ0n) is 9.81. The molecule has 6 nitrogen and oxygen atoms in total. The summed E-state index contributed by atoms with van der Waals surface area (Å²) in [5, 5.41) is 14.7. The van der Waals surface area contributed by atoms with E-state index in [9.17, 15) is 12.8 Å². The monoisotopic (exact) mass is 280 g/mol. The maximum absolute atomic E-state index is 13.5. The van der Waals surface area contributed by atoms with Gasteiger partial charge in [0.15, 0.2) is 0 Å². The van der Waals surface area contributed by atoms with E-state index in [2.05, 4.69) is 14.9 Å². The van der Waals surface area contributed by atoms with Gasteiger partial charge in [0, 0.05) is 11.8 Å². The Hall–Kier alpha value is -2.40. The maximum Gasteiger partial charge on any atom is 0.265 e. The number of nitriles is 1. The van der Waals surface area contributed by atoms with E-state index in [0.29, 0.717) is 0 Å².